The van der Waals surface area contributed by atoms with Gasteiger partial charge in [0.25, 0.3) is 0 Å². The maximum atomic E-state index is 12.1. The highest BCUT2D eigenvalue weighted by Gasteiger charge is 2.14. The van der Waals surface area contributed by atoms with Gasteiger partial charge in [-0.1, -0.05) is 24.3 Å². The quantitative estimate of drug-likeness (QED) is 0.788. The van der Waals surface area contributed by atoms with E-state index in [1.165, 1.54) is 0 Å². The Morgan fingerprint density at radius 1 is 1.08 bits per heavy atom. The van der Waals surface area contributed by atoms with E-state index >= 15 is 0 Å². The van der Waals surface area contributed by atoms with Crippen LogP contribution in [0.1, 0.15) is 0 Å². The monoisotopic (exact) mass is 371 g/mol. The van der Waals surface area contributed by atoms with Gasteiger partial charge in [-0.05, 0) is 36.5 Å². The predicted molar refractivity (Wildman–Crippen MR) is 105 cm³/mol. The van der Waals surface area contributed by atoms with Crippen molar-refractivity contribution in [3.8, 4) is 11.5 Å². The molecule has 0 unspecified atom stereocenters. The molecule has 1 fully saturated rings. The summed E-state index contributed by atoms with van der Waals surface area (Å²) in [6.45, 7) is 3.13. The third-order valence-electron chi connectivity index (χ3n) is 3.79. The summed E-state index contributed by atoms with van der Waals surface area (Å²) < 4.78 is 11.1. The number of para-hydroxylation sites is 1. The summed E-state index contributed by atoms with van der Waals surface area (Å²) in [5.41, 5.74) is 0.745. The number of carbonyl (C=O) groups excluding carboxylic acids is 1. The molecule has 0 radical (unpaired) electrons. The molecule has 0 spiro atoms. The summed E-state index contributed by atoms with van der Waals surface area (Å²) in [4.78, 5) is 14.1. The summed E-state index contributed by atoms with van der Waals surface area (Å²) in [6, 6.07) is 16.9. The fourth-order valence-electron chi connectivity index (χ4n) is 2.55. The van der Waals surface area contributed by atoms with Crippen LogP contribution in [0.3, 0.4) is 0 Å². The first-order valence-corrected chi connectivity index (χ1v) is 8.84. The molecule has 2 N–H and O–H groups in total. The maximum Gasteiger partial charge on any atom is 0.240 e. The molecule has 3 rings (SSSR count). The number of nitrogens with one attached hydrogen (secondary N) is 2. The number of nitrogens with zero attached hydrogens (tertiary/aromatic N) is 1. The summed E-state index contributed by atoms with van der Waals surface area (Å²) in [5, 5.41) is 5.98. The van der Waals surface area contributed by atoms with Crippen LogP contribution in [0.15, 0.2) is 54.6 Å². The van der Waals surface area contributed by atoms with Crippen molar-refractivity contribution in [3.63, 3.8) is 0 Å². The molecule has 1 amide bonds. The lowest BCUT2D eigenvalue weighted by atomic mass is 10.3. The Morgan fingerprint density at radius 3 is 2.58 bits per heavy atom. The van der Waals surface area contributed by atoms with Crippen LogP contribution < -0.4 is 15.4 Å². The van der Waals surface area contributed by atoms with Crippen molar-refractivity contribution in [2.45, 2.75) is 0 Å². The molecular weight excluding hydrogens is 350 g/mol. The molecule has 1 aliphatic rings. The van der Waals surface area contributed by atoms with E-state index in [1.807, 2.05) is 59.5 Å². The van der Waals surface area contributed by atoms with Crippen molar-refractivity contribution in [1.29, 1.82) is 0 Å². The lowest BCUT2D eigenvalue weighted by molar-refractivity contribution is -0.121. The molecule has 136 valence electrons. The zero-order valence-corrected chi connectivity index (χ0v) is 15.1. The Labute approximate surface area is 158 Å². The number of ether oxygens (including phenoxy) is 2. The number of morpholine rings is 1. The van der Waals surface area contributed by atoms with E-state index in [9.17, 15) is 4.79 Å². The van der Waals surface area contributed by atoms with E-state index in [0.29, 0.717) is 25.5 Å². The zero-order valence-electron chi connectivity index (χ0n) is 14.3. The topological polar surface area (TPSA) is 62.8 Å². The van der Waals surface area contributed by atoms with Crippen LogP contribution in [0, 0.1) is 0 Å². The molecule has 0 bridgehead atoms. The highest BCUT2D eigenvalue weighted by Crippen LogP contribution is 2.23. The van der Waals surface area contributed by atoms with Crippen molar-refractivity contribution in [2.75, 3.05) is 38.2 Å². The van der Waals surface area contributed by atoms with Crippen LogP contribution in [-0.4, -0.2) is 48.8 Å². The van der Waals surface area contributed by atoms with E-state index in [1.54, 1.807) is 0 Å². The molecule has 2 aromatic carbocycles. The molecule has 0 aliphatic carbocycles. The van der Waals surface area contributed by atoms with E-state index in [0.717, 1.165) is 24.5 Å². The van der Waals surface area contributed by atoms with Crippen molar-refractivity contribution < 1.29 is 14.3 Å². The first-order valence-electron chi connectivity index (χ1n) is 8.43. The standard InChI is InChI=1S/C19H21N3O3S/c23-18(14-22-9-11-24-12-10-22)21-19(26)20-15-5-4-8-17(13-15)25-16-6-2-1-3-7-16/h1-8,13H,9-12,14H2,(H2,20,21,23,26). The highest BCUT2D eigenvalue weighted by atomic mass is 32.1. The lowest BCUT2D eigenvalue weighted by Crippen LogP contribution is -2.45. The normalized spacial score (nSPS) is 14.5. The second-order valence-electron chi connectivity index (χ2n) is 5.83. The van der Waals surface area contributed by atoms with Gasteiger partial charge < -0.3 is 20.1 Å². The predicted octanol–water partition coefficient (Wildman–Crippen LogP) is 2.62. The SMILES string of the molecule is O=C(CN1CCOCC1)NC(=S)Nc1cccc(Oc2ccccc2)c1. The van der Waals surface area contributed by atoms with Crippen LogP contribution >= 0.6 is 12.2 Å². The fraction of sp³-hybridized carbons (Fsp3) is 0.263. The van der Waals surface area contributed by atoms with Gasteiger partial charge in [0.1, 0.15) is 11.5 Å². The molecule has 1 saturated heterocycles. The maximum absolute atomic E-state index is 12.1. The van der Waals surface area contributed by atoms with Gasteiger partial charge in [-0.15, -0.1) is 0 Å². The highest BCUT2D eigenvalue weighted by molar-refractivity contribution is 7.80. The van der Waals surface area contributed by atoms with E-state index in [2.05, 4.69) is 10.6 Å². The van der Waals surface area contributed by atoms with Gasteiger partial charge in [0.2, 0.25) is 5.91 Å². The van der Waals surface area contributed by atoms with Gasteiger partial charge in [0, 0.05) is 24.8 Å². The van der Waals surface area contributed by atoms with Gasteiger partial charge in [0.05, 0.1) is 19.8 Å². The smallest absolute Gasteiger partial charge is 0.240 e. The molecule has 0 atom stereocenters. The molecule has 1 heterocycles. The number of carbonyl (C=O) groups is 1. The lowest BCUT2D eigenvalue weighted by Gasteiger charge is -2.25. The van der Waals surface area contributed by atoms with Crippen molar-refractivity contribution in [1.82, 2.24) is 10.2 Å². The minimum absolute atomic E-state index is 0.138. The van der Waals surface area contributed by atoms with Crippen LogP contribution in [0.2, 0.25) is 0 Å². The molecule has 6 nitrogen and oxygen atoms in total. The first kappa shape index (κ1) is 18.3. The average molecular weight is 371 g/mol. The van der Waals surface area contributed by atoms with Crippen LogP contribution in [0.4, 0.5) is 5.69 Å². The third kappa shape index (κ3) is 5.80. The number of amides is 1. The molecule has 0 saturated carbocycles. The van der Waals surface area contributed by atoms with Gasteiger partial charge in [-0.3, -0.25) is 9.69 Å². The zero-order chi connectivity index (χ0) is 18.2. The van der Waals surface area contributed by atoms with Crippen molar-refractivity contribution >= 4 is 28.9 Å². The van der Waals surface area contributed by atoms with E-state index in [-0.39, 0.29) is 11.0 Å². The third-order valence-corrected chi connectivity index (χ3v) is 4.00. The largest absolute Gasteiger partial charge is 0.457 e. The van der Waals surface area contributed by atoms with Gasteiger partial charge in [-0.2, -0.15) is 0 Å². The summed E-state index contributed by atoms with van der Waals surface area (Å²) in [6.07, 6.45) is 0. The van der Waals surface area contributed by atoms with Crippen LogP contribution in [-0.2, 0) is 9.53 Å². The Kier molecular flexibility index (Phi) is 6.54. The Hall–Kier alpha value is -2.48. The van der Waals surface area contributed by atoms with Gasteiger partial charge in [0.15, 0.2) is 5.11 Å². The molecule has 2 aromatic rings. The average Bonchev–Trinajstić information content (AvgIpc) is 2.63. The summed E-state index contributed by atoms with van der Waals surface area (Å²) in [5.74, 6) is 1.30. The Bertz CT molecular complexity index is 749. The van der Waals surface area contributed by atoms with Crippen LogP contribution in [0.5, 0.6) is 11.5 Å². The Morgan fingerprint density at radius 2 is 1.81 bits per heavy atom. The number of thiocarbonyl (C=S) groups is 1. The number of hydrogen-bond acceptors (Lipinski definition) is 5. The molecule has 7 heteroatoms. The number of benzene rings is 2. The minimum Gasteiger partial charge on any atom is -0.457 e. The van der Waals surface area contributed by atoms with E-state index < -0.39 is 0 Å². The summed E-state index contributed by atoms with van der Waals surface area (Å²) >= 11 is 5.23. The molecule has 26 heavy (non-hydrogen) atoms. The minimum atomic E-state index is -0.138. The van der Waals surface area contributed by atoms with Crippen LogP contribution in [0.25, 0.3) is 0 Å². The second-order valence-corrected chi connectivity index (χ2v) is 6.24. The molecule has 1 aliphatic heterocycles. The van der Waals surface area contributed by atoms with Crippen molar-refractivity contribution in [2.24, 2.45) is 0 Å². The fourth-order valence-corrected chi connectivity index (χ4v) is 2.78. The number of rotatable bonds is 5. The second kappa shape index (κ2) is 9.28. The summed E-state index contributed by atoms with van der Waals surface area (Å²) in [7, 11) is 0. The molecule has 0 aromatic heterocycles. The van der Waals surface area contributed by atoms with Gasteiger partial charge >= 0.3 is 0 Å². The van der Waals surface area contributed by atoms with Gasteiger partial charge in [-0.25, -0.2) is 0 Å². The first-order chi connectivity index (χ1) is 12.7. The van der Waals surface area contributed by atoms with E-state index in [4.69, 9.17) is 21.7 Å². The molecular formula is C19H21N3O3S. The number of hydrogen-bond donors (Lipinski definition) is 2. The van der Waals surface area contributed by atoms with Crippen molar-refractivity contribution in [3.05, 3.63) is 54.6 Å². The number of anilines is 1. The Balaban J connectivity index is 1.50.